The van der Waals surface area contributed by atoms with E-state index in [1.807, 2.05) is 6.07 Å². The molecule has 1 saturated heterocycles. The van der Waals surface area contributed by atoms with Crippen LogP contribution in [0.25, 0.3) is 0 Å². The molecule has 4 heteroatoms. The Morgan fingerprint density at radius 3 is 3.00 bits per heavy atom. The van der Waals surface area contributed by atoms with Gasteiger partial charge in [-0.05, 0) is 23.6 Å². The lowest BCUT2D eigenvalue weighted by molar-refractivity contribution is 0.0952. The van der Waals surface area contributed by atoms with Crippen molar-refractivity contribution in [3.05, 3.63) is 29.3 Å². The summed E-state index contributed by atoms with van der Waals surface area (Å²) in [6.07, 6.45) is 0. The lowest BCUT2D eigenvalue weighted by Gasteiger charge is -2.15. The van der Waals surface area contributed by atoms with Crippen LogP contribution in [0.4, 0.5) is 0 Å². The van der Waals surface area contributed by atoms with Crippen molar-refractivity contribution < 1.29 is 9.90 Å². The van der Waals surface area contributed by atoms with E-state index < -0.39 is 0 Å². The van der Waals surface area contributed by atoms with Crippen LogP contribution in [0.15, 0.2) is 18.2 Å². The lowest BCUT2D eigenvalue weighted by Crippen LogP contribution is -2.28. The van der Waals surface area contributed by atoms with Crippen LogP contribution >= 0.6 is 0 Å². The van der Waals surface area contributed by atoms with Crippen LogP contribution in [0.2, 0.25) is 0 Å². The normalized spacial score (nSPS) is 27.9. The van der Waals surface area contributed by atoms with Gasteiger partial charge in [-0.2, -0.15) is 0 Å². The number of phenols is 1. The number of carbonyl (C=O) groups excluding carboxylic acids is 1. The minimum Gasteiger partial charge on any atom is -0.508 e. The van der Waals surface area contributed by atoms with E-state index in [9.17, 15) is 9.90 Å². The Bertz CT molecular complexity index is 445. The van der Waals surface area contributed by atoms with Crippen LogP contribution in [0.3, 0.4) is 0 Å². The van der Waals surface area contributed by atoms with Crippen molar-refractivity contribution in [2.75, 3.05) is 19.6 Å². The zero-order valence-corrected chi connectivity index (χ0v) is 8.86. The van der Waals surface area contributed by atoms with E-state index in [-0.39, 0.29) is 11.7 Å². The molecule has 1 unspecified atom stereocenters. The topological polar surface area (TPSA) is 61.4 Å². The highest BCUT2D eigenvalue weighted by Gasteiger charge is 2.34. The van der Waals surface area contributed by atoms with E-state index >= 15 is 0 Å². The van der Waals surface area contributed by atoms with Crippen molar-refractivity contribution in [1.82, 2.24) is 10.6 Å². The molecule has 1 aromatic carbocycles. The van der Waals surface area contributed by atoms with Crippen molar-refractivity contribution in [3.8, 4) is 5.75 Å². The minimum absolute atomic E-state index is 0.0692. The molecule has 16 heavy (non-hydrogen) atoms. The highest BCUT2D eigenvalue weighted by molar-refractivity contribution is 5.96. The molecule has 0 saturated carbocycles. The Balaban J connectivity index is 2.12. The summed E-state index contributed by atoms with van der Waals surface area (Å²) in [7, 11) is 0. The van der Waals surface area contributed by atoms with Crippen molar-refractivity contribution in [2.24, 2.45) is 5.92 Å². The first-order valence-electron chi connectivity index (χ1n) is 5.57. The summed E-state index contributed by atoms with van der Waals surface area (Å²) < 4.78 is 0. The number of phenolic OH excluding ortho intramolecular Hbond substituents is 1. The van der Waals surface area contributed by atoms with Crippen molar-refractivity contribution in [2.45, 2.75) is 5.92 Å². The third kappa shape index (κ3) is 1.38. The molecular weight excluding hydrogens is 204 g/mol. The number of aromatic hydroxyl groups is 1. The first-order chi connectivity index (χ1) is 7.75. The van der Waals surface area contributed by atoms with E-state index in [0.717, 1.165) is 18.7 Å². The Kier molecular flexibility index (Phi) is 2.11. The van der Waals surface area contributed by atoms with Gasteiger partial charge in [-0.25, -0.2) is 0 Å². The molecule has 1 aromatic rings. The molecule has 2 aliphatic heterocycles. The van der Waals surface area contributed by atoms with Crippen LogP contribution in [-0.4, -0.2) is 30.6 Å². The number of benzene rings is 1. The van der Waals surface area contributed by atoms with Gasteiger partial charge in [0.25, 0.3) is 5.91 Å². The second-order valence-corrected chi connectivity index (χ2v) is 4.51. The first kappa shape index (κ1) is 9.66. The Morgan fingerprint density at radius 2 is 2.12 bits per heavy atom. The van der Waals surface area contributed by atoms with E-state index in [2.05, 4.69) is 10.6 Å². The molecule has 3 rings (SSSR count). The Morgan fingerprint density at radius 1 is 1.25 bits per heavy atom. The molecule has 2 aliphatic rings. The highest BCUT2D eigenvalue weighted by atomic mass is 16.3. The molecule has 0 aliphatic carbocycles. The van der Waals surface area contributed by atoms with Gasteiger partial charge < -0.3 is 15.7 Å². The van der Waals surface area contributed by atoms with Gasteiger partial charge >= 0.3 is 0 Å². The predicted octanol–water partition coefficient (Wildman–Crippen LogP) is 0.439. The smallest absolute Gasteiger partial charge is 0.251 e. The van der Waals surface area contributed by atoms with Gasteiger partial charge in [0.05, 0.1) is 0 Å². The third-order valence-corrected chi connectivity index (χ3v) is 3.55. The third-order valence-electron chi connectivity index (χ3n) is 3.55. The largest absolute Gasteiger partial charge is 0.508 e. The SMILES string of the molecule is O=C1NC[C@@H]2CNCC2c2ccc(O)cc21. The van der Waals surface area contributed by atoms with E-state index in [1.54, 1.807) is 12.1 Å². The summed E-state index contributed by atoms with van der Waals surface area (Å²) in [5, 5.41) is 15.7. The van der Waals surface area contributed by atoms with Gasteiger partial charge in [0.1, 0.15) is 5.75 Å². The molecular formula is C12H14N2O2. The molecule has 2 heterocycles. The number of fused-ring (bicyclic) bond motifs is 3. The van der Waals surface area contributed by atoms with Crippen LogP contribution < -0.4 is 10.6 Å². The number of amides is 1. The van der Waals surface area contributed by atoms with Crippen molar-refractivity contribution in [1.29, 1.82) is 0 Å². The molecule has 0 radical (unpaired) electrons. The van der Waals surface area contributed by atoms with Crippen LogP contribution in [0.5, 0.6) is 5.75 Å². The standard InChI is InChI=1S/C12H14N2O2/c15-8-1-2-9-10(3-8)12(16)14-5-7-4-13-6-11(7)9/h1-3,7,11,13,15H,4-6H2,(H,14,16)/t7-,11?/m0/s1. The molecule has 4 nitrogen and oxygen atoms in total. The van der Waals surface area contributed by atoms with Crippen LogP contribution in [0.1, 0.15) is 21.8 Å². The summed E-state index contributed by atoms with van der Waals surface area (Å²) in [5.74, 6) is 0.933. The fraction of sp³-hybridized carbons (Fsp3) is 0.417. The van der Waals surface area contributed by atoms with Gasteiger partial charge in [0.2, 0.25) is 0 Å². The van der Waals surface area contributed by atoms with Gasteiger partial charge in [-0.3, -0.25) is 4.79 Å². The zero-order chi connectivity index (χ0) is 11.1. The van der Waals surface area contributed by atoms with E-state index in [0.29, 0.717) is 23.9 Å². The first-order valence-corrected chi connectivity index (χ1v) is 5.57. The van der Waals surface area contributed by atoms with Gasteiger partial charge in [-0.15, -0.1) is 0 Å². The van der Waals surface area contributed by atoms with Gasteiger partial charge in [-0.1, -0.05) is 6.07 Å². The Labute approximate surface area is 93.7 Å². The molecule has 0 spiro atoms. The number of hydrogen-bond donors (Lipinski definition) is 3. The maximum atomic E-state index is 11.8. The quantitative estimate of drug-likeness (QED) is 0.592. The summed E-state index contributed by atoms with van der Waals surface area (Å²) in [6, 6.07) is 5.10. The fourth-order valence-corrected chi connectivity index (χ4v) is 2.69. The predicted molar refractivity (Wildman–Crippen MR) is 59.5 cm³/mol. The average molecular weight is 218 g/mol. The van der Waals surface area contributed by atoms with E-state index in [4.69, 9.17) is 0 Å². The molecule has 1 amide bonds. The summed E-state index contributed by atoms with van der Waals surface area (Å²) >= 11 is 0. The lowest BCUT2D eigenvalue weighted by atomic mass is 9.87. The van der Waals surface area contributed by atoms with Crippen LogP contribution in [-0.2, 0) is 0 Å². The summed E-state index contributed by atoms with van der Waals surface area (Å²) in [4.78, 5) is 11.8. The second kappa shape index (κ2) is 3.49. The van der Waals surface area contributed by atoms with Gasteiger partial charge in [0.15, 0.2) is 0 Å². The summed E-state index contributed by atoms with van der Waals surface area (Å²) in [6.45, 7) is 2.58. The number of hydrogen-bond acceptors (Lipinski definition) is 3. The summed E-state index contributed by atoms with van der Waals surface area (Å²) in [5.41, 5.74) is 1.68. The average Bonchev–Trinajstić information content (AvgIpc) is 2.69. The molecule has 0 bridgehead atoms. The number of rotatable bonds is 0. The maximum absolute atomic E-state index is 11.8. The molecule has 1 fully saturated rings. The molecule has 3 N–H and O–H groups in total. The fourth-order valence-electron chi connectivity index (χ4n) is 2.69. The monoisotopic (exact) mass is 218 g/mol. The molecule has 0 aromatic heterocycles. The minimum atomic E-state index is -0.0692. The molecule has 2 atom stereocenters. The van der Waals surface area contributed by atoms with Crippen LogP contribution in [0, 0.1) is 5.92 Å². The Hall–Kier alpha value is -1.55. The highest BCUT2D eigenvalue weighted by Crippen LogP contribution is 2.33. The zero-order valence-electron chi connectivity index (χ0n) is 8.86. The van der Waals surface area contributed by atoms with Gasteiger partial charge in [0, 0.05) is 31.1 Å². The second-order valence-electron chi connectivity index (χ2n) is 4.51. The van der Waals surface area contributed by atoms with Crippen molar-refractivity contribution >= 4 is 5.91 Å². The van der Waals surface area contributed by atoms with Crippen molar-refractivity contribution in [3.63, 3.8) is 0 Å². The van der Waals surface area contributed by atoms with E-state index in [1.165, 1.54) is 0 Å². The number of nitrogens with one attached hydrogen (secondary N) is 2. The number of carbonyl (C=O) groups is 1. The maximum Gasteiger partial charge on any atom is 0.251 e. The molecule has 84 valence electrons.